The van der Waals surface area contributed by atoms with Gasteiger partial charge < -0.3 is 15.6 Å². The minimum Gasteiger partial charge on any atom is -0.496 e. The van der Waals surface area contributed by atoms with Crippen LogP contribution in [0.3, 0.4) is 0 Å². The van der Waals surface area contributed by atoms with Crippen LogP contribution in [-0.2, 0) is 6.54 Å². The molecular formula is C26H27N7O4. The van der Waals surface area contributed by atoms with Gasteiger partial charge in [-0.25, -0.2) is 0 Å². The van der Waals surface area contributed by atoms with Crippen LogP contribution >= 0.6 is 0 Å². The van der Waals surface area contributed by atoms with Crippen LogP contribution in [0.4, 0.5) is 5.69 Å². The molecule has 2 aromatic rings. The van der Waals surface area contributed by atoms with E-state index in [-0.39, 0.29) is 36.0 Å². The lowest BCUT2D eigenvalue weighted by Gasteiger charge is -2.43. The molecule has 1 aromatic carbocycles. The van der Waals surface area contributed by atoms with Gasteiger partial charge in [-0.3, -0.25) is 14.8 Å². The highest BCUT2D eigenvalue weighted by Crippen LogP contribution is 2.56. The first-order chi connectivity index (χ1) is 17.8. The average molecular weight is 502 g/mol. The molecule has 4 rings (SSSR count). The van der Waals surface area contributed by atoms with E-state index in [0.717, 1.165) is 18.4 Å². The molecule has 11 nitrogen and oxygen atoms in total. The van der Waals surface area contributed by atoms with Gasteiger partial charge in [-0.2, -0.15) is 20.9 Å². The van der Waals surface area contributed by atoms with Crippen molar-refractivity contribution in [3.05, 3.63) is 74.8 Å². The van der Waals surface area contributed by atoms with Crippen LogP contribution in [0.1, 0.15) is 43.2 Å². The van der Waals surface area contributed by atoms with Crippen molar-refractivity contribution < 1.29 is 14.8 Å². The Bertz CT molecular complexity index is 1360. The van der Waals surface area contributed by atoms with Crippen molar-refractivity contribution in [3.8, 4) is 24.0 Å². The summed E-state index contributed by atoms with van der Waals surface area (Å²) >= 11 is 0. The number of hydrogen-bond donors (Lipinski definition) is 2. The minimum atomic E-state index is -1.71. The monoisotopic (exact) mass is 501 g/mol. The van der Waals surface area contributed by atoms with Gasteiger partial charge in [0.25, 0.3) is 0 Å². The SMILES string of the molecule is CCO.COc1ccc(C2C3CCCC=C3C(C#N)=C(N)C2(C#N)C#N)cc1Cn1cc([N+](=O)[O-])cn1. The van der Waals surface area contributed by atoms with E-state index in [9.17, 15) is 25.9 Å². The number of nitro groups is 1. The maximum Gasteiger partial charge on any atom is 0.307 e. The van der Waals surface area contributed by atoms with E-state index in [0.29, 0.717) is 23.3 Å². The van der Waals surface area contributed by atoms with Gasteiger partial charge in [-0.05, 0) is 55.4 Å². The third-order valence-corrected chi connectivity index (χ3v) is 6.63. The number of ether oxygens (including phenoxy) is 1. The van der Waals surface area contributed by atoms with Gasteiger partial charge >= 0.3 is 5.69 Å². The fraction of sp³-hybridized carbons (Fsp3) is 0.385. The number of methoxy groups -OCH3 is 1. The van der Waals surface area contributed by atoms with Crippen molar-refractivity contribution in [3.63, 3.8) is 0 Å². The quantitative estimate of drug-likeness (QED) is 0.457. The zero-order valence-electron chi connectivity index (χ0n) is 20.6. The number of fused-ring (bicyclic) bond motifs is 1. The molecule has 2 aliphatic carbocycles. The number of rotatable bonds is 5. The second-order valence-electron chi connectivity index (χ2n) is 8.65. The maximum absolute atomic E-state index is 11.0. The van der Waals surface area contributed by atoms with Crippen molar-refractivity contribution in [2.75, 3.05) is 13.7 Å². The number of nitriles is 3. The summed E-state index contributed by atoms with van der Waals surface area (Å²) in [7, 11) is 1.52. The molecule has 0 bridgehead atoms. The first-order valence-electron chi connectivity index (χ1n) is 11.7. The van der Waals surface area contributed by atoms with E-state index in [4.69, 9.17) is 15.6 Å². The lowest BCUT2D eigenvalue weighted by Crippen LogP contribution is -2.42. The van der Waals surface area contributed by atoms with Crippen molar-refractivity contribution in [2.24, 2.45) is 17.1 Å². The van der Waals surface area contributed by atoms with Gasteiger partial charge in [-0.15, -0.1) is 0 Å². The number of benzene rings is 1. The van der Waals surface area contributed by atoms with Crippen LogP contribution in [0.2, 0.25) is 0 Å². The molecule has 37 heavy (non-hydrogen) atoms. The second-order valence-corrected chi connectivity index (χ2v) is 8.65. The van der Waals surface area contributed by atoms with Crippen LogP contribution in [-0.4, -0.2) is 33.5 Å². The van der Waals surface area contributed by atoms with Crippen LogP contribution < -0.4 is 10.5 Å². The first kappa shape index (κ1) is 26.9. The summed E-state index contributed by atoms with van der Waals surface area (Å²) in [4.78, 5) is 10.5. The molecule has 0 spiro atoms. The Morgan fingerprint density at radius 3 is 2.62 bits per heavy atom. The Hall–Kier alpha value is -4.66. The smallest absolute Gasteiger partial charge is 0.307 e. The average Bonchev–Trinajstić information content (AvgIpc) is 3.37. The van der Waals surface area contributed by atoms with E-state index < -0.39 is 16.3 Å². The standard InChI is InChI=1S/C24H21N7O3.C2H6O/c1-34-21-7-6-15(8-16(21)11-30-12-17(10-29-30)31(32)33)22-19-5-3-2-4-18(19)20(9-25)23(28)24(22,13-26)14-27;1-2-3/h4,6-8,10,12,19,22H,2-3,5,11,28H2,1H3;3H,2H2,1H3. The molecule has 2 atom stereocenters. The maximum atomic E-state index is 11.0. The summed E-state index contributed by atoms with van der Waals surface area (Å²) in [6.45, 7) is 2.12. The largest absolute Gasteiger partial charge is 0.496 e. The van der Waals surface area contributed by atoms with E-state index in [1.807, 2.05) is 12.1 Å². The zero-order valence-corrected chi connectivity index (χ0v) is 20.6. The predicted octanol–water partition coefficient (Wildman–Crippen LogP) is 3.44. The van der Waals surface area contributed by atoms with Crippen LogP contribution in [0, 0.1) is 55.4 Å². The van der Waals surface area contributed by atoms with E-state index >= 15 is 0 Å². The highest BCUT2D eigenvalue weighted by atomic mass is 16.6. The molecule has 1 aromatic heterocycles. The Balaban J connectivity index is 0.00000121. The number of nitrogens with zero attached hydrogens (tertiary/aromatic N) is 6. The third kappa shape index (κ3) is 4.88. The zero-order chi connectivity index (χ0) is 27.2. The molecule has 2 aliphatic rings. The van der Waals surface area contributed by atoms with E-state index in [1.165, 1.54) is 24.2 Å². The number of nitrogens with two attached hydrogens (primary N) is 1. The molecule has 3 N–H and O–H groups in total. The summed E-state index contributed by atoms with van der Waals surface area (Å²) in [5.41, 5.74) is 6.88. The van der Waals surface area contributed by atoms with Gasteiger partial charge in [0.15, 0.2) is 5.41 Å². The summed E-state index contributed by atoms with van der Waals surface area (Å²) in [6.07, 6.45) is 6.86. The molecule has 11 heteroatoms. The fourth-order valence-corrected chi connectivity index (χ4v) is 5.07. The molecule has 0 saturated heterocycles. The van der Waals surface area contributed by atoms with Crippen LogP contribution in [0.25, 0.3) is 0 Å². The van der Waals surface area contributed by atoms with Gasteiger partial charge in [0, 0.05) is 18.1 Å². The summed E-state index contributed by atoms with van der Waals surface area (Å²) in [6, 6.07) is 11.8. The number of aromatic nitrogens is 2. The van der Waals surface area contributed by atoms with Crippen molar-refractivity contribution in [1.82, 2.24) is 9.78 Å². The van der Waals surface area contributed by atoms with E-state index in [2.05, 4.69) is 23.3 Å². The normalized spacial score (nSPS) is 19.6. The molecule has 0 fully saturated rings. The summed E-state index contributed by atoms with van der Waals surface area (Å²) in [5, 5.41) is 52.8. The predicted molar refractivity (Wildman–Crippen MR) is 132 cm³/mol. The minimum absolute atomic E-state index is 0.0190. The second kappa shape index (κ2) is 11.4. The third-order valence-electron chi connectivity index (χ3n) is 6.63. The number of allylic oxidation sites excluding steroid dienone is 4. The molecule has 1 heterocycles. The Morgan fingerprint density at radius 2 is 2.05 bits per heavy atom. The van der Waals surface area contributed by atoms with Gasteiger partial charge in [0.1, 0.15) is 24.2 Å². The Labute approximate surface area is 214 Å². The van der Waals surface area contributed by atoms with Crippen LogP contribution in [0.15, 0.2) is 53.5 Å². The molecular weight excluding hydrogens is 474 g/mol. The van der Waals surface area contributed by atoms with Gasteiger partial charge in [-0.1, -0.05) is 12.1 Å². The Kier molecular flexibility index (Phi) is 8.29. The molecule has 0 amide bonds. The van der Waals surface area contributed by atoms with Crippen molar-refractivity contribution in [1.29, 1.82) is 15.8 Å². The first-order valence-corrected chi connectivity index (χ1v) is 11.7. The molecule has 0 radical (unpaired) electrons. The molecule has 190 valence electrons. The molecule has 0 saturated carbocycles. The van der Waals surface area contributed by atoms with Crippen LogP contribution in [0.5, 0.6) is 5.75 Å². The number of aliphatic hydroxyl groups excluding tert-OH is 1. The van der Waals surface area contributed by atoms with Gasteiger partial charge in [0.05, 0.1) is 42.0 Å². The Morgan fingerprint density at radius 1 is 1.35 bits per heavy atom. The fourth-order valence-electron chi connectivity index (χ4n) is 5.07. The lowest BCUT2D eigenvalue weighted by atomic mass is 9.56. The topological polar surface area (TPSA) is 188 Å². The van der Waals surface area contributed by atoms with Crippen molar-refractivity contribution >= 4 is 5.69 Å². The van der Waals surface area contributed by atoms with E-state index in [1.54, 1.807) is 19.1 Å². The number of aliphatic hydroxyl groups is 1. The lowest BCUT2D eigenvalue weighted by molar-refractivity contribution is -0.385. The highest BCUT2D eigenvalue weighted by Gasteiger charge is 2.53. The van der Waals surface area contributed by atoms with Gasteiger partial charge in [0.2, 0.25) is 0 Å². The van der Waals surface area contributed by atoms with Crippen molar-refractivity contribution in [2.45, 2.75) is 38.6 Å². The molecule has 2 unspecified atom stereocenters. The summed E-state index contributed by atoms with van der Waals surface area (Å²) in [5.74, 6) is -0.275. The molecule has 0 aliphatic heterocycles. The highest BCUT2D eigenvalue weighted by molar-refractivity contribution is 5.59. The summed E-state index contributed by atoms with van der Waals surface area (Å²) < 4.78 is 6.91. The number of hydrogen-bond acceptors (Lipinski definition) is 9.